The van der Waals surface area contributed by atoms with E-state index < -0.39 is 0 Å². The van der Waals surface area contributed by atoms with Crippen molar-refractivity contribution in [2.24, 2.45) is 5.92 Å². The molecule has 1 aromatic rings. The predicted octanol–water partition coefficient (Wildman–Crippen LogP) is 1.98. The van der Waals surface area contributed by atoms with Gasteiger partial charge in [0.2, 0.25) is 0 Å². The van der Waals surface area contributed by atoms with Gasteiger partial charge in [-0.2, -0.15) is 0 Å². The maximum Gasteiger partial charge on any atom is 0.251 e. The quantitative estimate of drug-likeness (QED) is 0.806. The molecule has 0 saturated heterocycles. The number of carbonyl (C=O) groups is 1. The zero-order valence-electron chi connectivity index (χ0n) is 11.2. The number of likely N-dealkylation sites (N-methyl/N-ethyl adjacent to an activating group) is 1. The molecule has 1 fully saturated rings. The lowest BCUT2D eigenvalue weighted by Gasteiger charge is -2.09. The minimum absolute atomic E-state index is 0.0858. The van der Waals surface area contributed by atoms with Gasteiger partial charge in [0.15, 0.2) is 0 Å². The van der Waals surface area contributed by atoms with Crippen LogP contribution in [0.2, 0.25) is 0 Å². The number of hydrogen-bond acceptors (Lipinski definition) is 2. The average molecular weight is 246 g/mol. The Morgan fingerprint density at radius 1 is 1.39 bits per heavy atom. The van der Waals surface area contributed by atoms with Gasteiger partial charge in [0, 0.05) is 11.6 Å². The first-order valence-corrected chi connectivity index (χ1v) is 6.79. The van der Waals surface area contributed by atoms with E-state index >= 15 is 0 Å². The van der Waals surface area contributed by atoms with Crippen molar-refractivity contribution in [3.63, 3.8) is 0 Å². The van der Waals surface area contributed by atoms with Gasteiger partial charge in [-0.25, -0.2) is 0 Å². The highest BCUT2D eigenvalue weighted by Crippen LogP contribution is 2.33. The molecule has 0 bridgehead atoms. The summed E-state index contributed by atoms with van der Waals surface area (Å²) in [4.78, 5) is 12.2. The summed E-state index contributed by atoms with van der Waals surface area (Å²) in [5.41, 5.74) is 1.95. The fourth-order valence-corrected chi connectivity index (χ4v) is 2.34. The molecule has 3 nitrogen and oxygen atoms in total. The van der Waals surface area contributed by atoms with Crippen LogP contribution in [0.5, 0.6) is 0 Å². The Hall–Kier alpha value is -1.35. The van der Waals surface area contributed by atoms with E-state index in [1.165, 1.54) is 0 Å². The van der Waals surface area contributed by atoms with Gasteiger partial charge in [-0.1, -0.05) is 31.5 Å². The van der Waals surface area contributed by atoms with Crippen LogP contribution >= 0.6 is 0 Å². The third kappa shape index (κ3) is 3.10. The number of benzene rings is 1. The minimum atomic E-state index is 0.0858. The molecule has 0 spiro atoms. The average Bonchev–Trinajstić information content (AvgIpc) is 3.15. The van der Waals surface area contributed by atoms with Gasteiger partial charge in [-0.3, -0.25) is 4.79 Å². The third-order valence-corrected chi connectivity index (χ3v) is 3.67. The fourth-order valence-electron chi connectivity index (χ4n) is 2.34. The molecule has 0 aliphatic heterocycles. The molecule has 0 radical (unpaired) electrons. The second-order valence-electron chi connectivity index (χ2n) is 4.99. The summed E-state index contributed by atoms with van der Waals surface area (Å²) in [5, 5.41) is 6.25. The second-order valence-corrected chi connectivity index (χ2v) is 4.99. The molecule has 1 amide bonds. The molecule has 0 aromatic heterocycles. The molecule has 0 heterocycles. The molecule has 1 aromatic carbocycles. The van der Waals surface area contributed by atoms with Crippen LogP contribution in [-0.2, 0) is 6.42 Å². The predicted molar refractivity (Wildman–Crippen MR) is 73.7 cm³/mol. The van der Waals surface area contributed by atoms with Crippen LogP contribution in [0.25, 0.3) is 0 Å². The zero-order chi connectivity index (χ0) is 13.0. The lowest BCUT2D eigenvalue weighted by Crippen LogP contribution is -2.28. The Kier molecular flexibility index (Phi) is 4.37. The van der Waals surface area contributed by atoms with E-state index in [0.717, 1.165) is 36.9 Å². The van der Waals surface area contributed by atoms with Crippen molar-refractivity contribution >= 4 is 5.91 Å². The van der Waals surface area contributed by atoms with Crippen molar-refractivity contribution in [1.82, 2.24) is 10.6 Å². The molecule has 1 aliphatic carbocycles. The molecule has 2 N–H and O–H groups in total. The standard InChI is InChI=1S/C15H22N2O/c1-3-11-10-14(11)17-15(18)13-7-5-4-6-12(13)8-9-16-2/h4-7,11,14,16H,3,8-10H2,1-2H3,(H,17,18). The maximum absolute atomic E-state index is 12.2. The molecule has 2 atom stereocenters. The summed E-state index contributed by atoms with van der Waals surface area (Å²) >= 11 is 0. The highest BCUT2D eigenvalue weighted by molar-refractivity contribution is 5.96. The molecule has 18 heavy (non-hydrogen) atoms. The highest BCUT2D eigenvalue weighted by Gasteiger charge is 2.36. The van der Waals surface area contributed by atoms with E-state index in [-0.39, 0.29) is 5.91 Å². The zero-order valence-corrected chi connectivity index (χ0v) is 11.2. The van der Waals surface area contributed by atoms with Crippen LogP contribution in [-0.4, -0.2) is 25.5 Å². The van der Waals surface area contributed by atoms with Gasteiger partial charge in [0.25, 0.3) is 5.91 Å². The second kappa shape index (κ2) is 6.01. The number of nitrogens with one attached hydrogen (secondary N) is 2. The number of amides is 1. The van der Waals surface area contributed by atoms with Gasteiger partial charge in [0.1, 0.15) is 0 Å². The molecule has 98 valence electrons. The van der Waals surface area contributed by atoms with Crippen LogP contribution in [0, 0.1) is 5.92 Å². The first-order chi connectivity index (χ1) is 8.76. The van der Waals surface area contributed by atoms with Crippen molar-refractivity contribution in [3.05, 3.63) is 35.4 Å². The molecule has 1 aliphatic rings. The number of hydrogen-bond donors (Lipinski definition) is 2. The molecule has 1 saturated carbocycles. The monoisotopic (exact) mass is 246 g/mol. The normalized spacial score (nSPS) is 21.7. The summed E-state index contributed by atoms with van der Waals surface area (Å²) in [6.07, 6.45) is 3.19. The van der Waals surface area contributed by atoms with Crippen LogP contribution in [0.15, 0.2) is 24.3 Å². The summed E-state index contributed by atoms with van der Waals surface area (Å²) in [6, 6.07) is 8.29. The van der Waals surface area contributed by atoms with E-state index in [1.54, 1.807) is 0 Å². The van der Waals surface area contributed by atoms with Crippen molar-refractivity contribution < 1.29 is 4.79 Å². The van der Waals surface area contributed by atoms with Gasteiger partial charge < -0.3 is 10.6 Å². The Bertz CT molecular complexity index is 417. The molecular weight excluding hydrogens is 224 g/mol. The van der Waals surface area contributed by atoms with Crippen LogP contribution in [0.1, 0.15) is 35.7 Å². The van der Waals surface area contributed by atoms with Gasteiger partial charge >= 0.3 is 0 Å². The number of carbonyl (C=O) groups excluding carboxylic acids is 1. The van der Waals surface area contributed by atoms with E-state index in [2.05, 4.69) is 17.6 Å². The highest BCUT2D eigenvalue weighted by atomic mass is 16.1. The van der Waals surface area contributed by atoms with Crippen molar-refractivity contribution in [2.75, 3.05) is 13.6 Å². The maximum atomic E-state index is 12.2. The summed E-state index contributed by atoms with van der Waals surface area (Å²) < 4.78 is 0. The Morgan fingerprint density at radius 3 is 2.83 bits per heavy atom. The van der Waals surface area contributed by atoms with Gasteiger partial charge in [-0.15, -0.1) is 0 Å². The Labute approximate surface area is 109 Å². The summed E-state index contributed by atoms with van der Waals surface area (Å²) in [7, 11) is 1.93. The molecule has 3 heteroatoms. The van der Waals surface area contributed by atoms with Crippen molar-refractivity contribution in [2.45, 2.75) is 32.2 Å². The van der Waals surface area contributed by atoms with Crippen LogP contribution < -0.4 is 10.6 Å². The minimum Gasteiger partial charge on any atom is -0.349 e. The van der Waals surface area contributed by atoms with Crippen LogP contribution in [0.4, 0.5) is 0 Å². The fraction of sp³-hybridized carbons (Fsp3) is 0.533. The van der Waals surface area contributed by atoms with Gasteiger partial charge in [-0.05, 0) is 44.0 Å². The first kappa shape index (κ1) is 13.1. The Balaban J connectivity index is 2.00. The van der Waals surface area contributed by atoms with Crippen molar-refractivity contribution in [1.29, 1.82) is 0 Å². The molecular formula is C15H22N2O. The van der Waals surface area contributed by atoms with E-state index in [1.807, 2.05) is 31.3 Å². The van der Waals surface area contributed by atoms with E-state index in [4.69, 9.17) is 0 Å². The smallest absolute Gasteiger partial charge is 0.251 e. The molecule has 2 unspecified atom stereocenters. The van der Waals surface area contributed by atoms with E-state index in [9.17, 15) is 4.79 Å². The Morgan fingerprint density at radius 2 is 2.17 bits per heavy atom. The first-order valence-electron chi connectivity index (χ1n) is 6.79. The third-order valence-electron chi connectivity index (χ3n) is 3.67. The van der Waals surface area contributed by atoms with Crippen molar-refractivity contribution in [3.8, 4) is 0 Å². The lowest BCUT2D eigenvalue weighted by atomic mass is 10.0. The van der Waals surface area contributed by atoms with Gasteiger partial charge in [0.05, 0.1) is 0 Å². The summed E-state index contributed by atoms with van der Waals surface area (Å²) in [5.74, 6) is 0.779. The van der Waals surface area contributed by atoms with E-state index in [0.29, 0.717) is 12.0 Å². The largest absolute Gasteiger partial charge is 0.349 e. The SMILES string of the molecule is CCC1CC1NC(=O)c1ccccc1CCNC. The van der Waals surface area contributed by atoms with Crippen LogP contribution in [0.3, 0.4) is 0 Å². The topological polar surface area (TPSA) is 41.1 Å². The number of rotatable bonds is 6. The summed E-state index contributed by atoms with van der Waals surface area (Å²) in [6.45, 7) is 3.07. The lowest BCUT2D eigenvalue weighted by molar-refractivity contribution is 0.0948. The molecule has 2 rings (SSSR count).